The second kappa shape index (κ2) is 7.84. The lowest BCUT2D eigenvalue weighted by molar-refractivity contribution is -0.140. The number of carbonyl (C=O) groups excluding carboxylic acids is 1. The van der Waals surface area contributed by atoms with Gasteiger partial charge in [0.05, 0.1) is 12.4 Å². The molecule has 0 saturated carbocycles. The van der Waals surface area contributed by atoms with Gasteiger partial charge in [-0.05, 0) is 24.5 Å². The molecular weight excluding hydrogens is 284 g/mol. The Morgan fingerprint density at radius 3 is 2.65 bits per heavy atom. The molecule has 20 heavy (non-hydrogen) atoms. The maximum absolute atomic E-state index is 11.7. The van der Waals surface area contributed by atoms with Crippen molar-refractivity contribution in [2.24, 2.45) is 5.92 Å². The number of hydrogen-bond acceptors (Lipinski definition) is 5. The summed E-state index contributed by atoms with van der Waals surface area (Å²) in [6.07, 6.45) is 0.762. The molecule has 1 rings (SSSR count). The molecule has 1 aromatic rings. The van der Waals surface area contributed by atoms with E-state index in [4.69, 9.17) is 14.3 Å². The van der Waals surface area contributed by atoms with Crippen molar-refractivity contribution in [2.45, 2.75) is 26.0 Å². The van der Waals surface area contributed by atoms with Crippen molar-refractivity contribution in [3.05, 3.63) is 23.7 Å². The fraction of sp³-hybridized carbons (Fsp3) is 0.538. The summed E-state index contributed by atoms with van der Waals surface area (Å²) in [4.78, 5) is 22.0. The van der Waals surface area contributed by atoms with Gasteiger partial charge in [0.1, 0.15) is 11.5 Å². The minimum absolute atomic E-state index is 0.00738. The van der Waals surface area contributed by atoms with Gasteiger partial charge in [-0.2, -0.15) is 0 Å². The van der Waals surface area contributed by atoms with E-state index in [2.05, 4.69) is 0 Å². The van der Waals surface area contributed by atoms with Gasteiger partial charge < -0.3 is 14.3 Å². The zero-order valence-electron chi connectivity index (χ0n) is 11.5. The molecule has 0 aromatic carbocycles. The number of carboxylic acids is 1. The van der Waals surface area contributed by atoms with Crippen molar-refractivity contribution in [3.63, 3.8) is 0 Å². The number of rotatable bonds is 8. The van der Waals surface area contributed by atoms with Crippen molar-refractivity contribution >= 4 is 22.7 Å². The number of hydrogen-bond donors (Lipinski definition) is 1. The van der Waals surface area contributed by atoms with Crippen LogP contribution in [0.1, 0.15) is 36.6 Å². The summed E-state index contributed by atoms with van der Waals surface area (Å²) in [5, 5.41) is 8.68. The average molecular weight is 302 g/mol. The van der Waals surface area contributed by atoms with Crippen LogP contribution in [0.4, 0.5) is 0 Å². The Hall–Kier alpha value is -1.63. The predicted molar refractivity (Wildman–Crippen MR) is 72.8 cm³/mol. The Labute approximate surface area is 119 Å². The molecule has 6 nitrogen and oxygen atoms in total. The first-order valence-electron chi connectivity index (χ1n) is 6.21. The third-order valence-corrected chi connectivity index (χ3v) is 3.58. The molecule has 1 aromatic heterocycles. The predicted octanol–water partition coefficient (Wildman–Crippen LogP) is 1.82. The summed E-state index contributed by atoms with van der Waals surface area (Å²) in [6, 6.07) is 2.72. The number of aromatic carboxylic acids is 1. The van der Waals surface area contributed by atoms with Gasteiger partial charge in [0.15, 0.2) is 0 Å². The van der Waals surface area contributed by atoms with Gasteiger partial charge in [0, 0.05) is 10.8 Å². The smallest absolute Gasteiger partial charge is 0.371 e. The molecule has 7 heteroatoms. The maximum atomic E-state index is 11.7. The van der Waals surface area contributed by atoms with Crippen LogP contribution in [-0.4, -0.2) is 33.6 Å². The van der Waals surface area contributed by atoms with Crippen LogP contribution in [0.25, 0.3) is 0 Å². The molecule has 0 aliphatic rings. The van der Waals surface area contributed by atoms with Crippen LogP contribution in [0.15, 0.2) is 16.5 Å². The number of esters is 1. The molecular formula is C13H18O6S. The largest absolute Gasteiger partial charge is 0.475 e. The molecule has 0 fully saturated rings. The summed E-state index contributed by atoms with van der Waals surface area (Å²) in [6.45, 7) is 4.35. The Morgan fingerprint density at radius 1 is 1.40 bits per heavy atom. The standard InChI is InChI=1S/C13H18O6S/c1-9(2)5-6-18-12(14)8-20(17)7-10-3-4-11(19-10)13(15)16/h3-4,9H,5-8H2,1-2H3,(H,15,16). The lowest BCUT2D eigenvalue weighted by Gasteiger charge is -2.06. The van der Waals surface area contributed by atoms with Crippen LogP contribution in [-0.2, 0) is 26.1 Å². The van der Waals surface area contributed by atoms with E-state index in [0.29, 0.717) is 12.5 Å². The normalized spacial score (nSPS) is 12.3. The van der Waals surface area contributed by atoms with Gasteiger partial charge in [-0.1, -0.05) is 13.8 Å². The van der Waals surface area contributed by atoms with E-state index in [1.807, 2.05) is 13.8 Å². The first-order valence-corrected chi connectivity index (χ1v) is 7.70. The van der Waals surface area contributed by atoms with E-state index in [1.165, 1.54) is 12.1 Å². The SMILES string of the molecule is CC(C)CCOC(=O)CS(=O)Cc1ccc(C(=O)O)o1. The maximum Gasteiger partial charge on any atom is 0.371 e. The average Bonchev–Trinajstić information content (AvgIpc) is 2.76. The van der Waals surface area contributed by atoms with E-state index in [9.17, 15) is 13.8 Å². The van der Waals surface area contributed by atoms with Crippen LogP contribution in [0.3, 0.4) is 0 Å². The van der Waals surface area contributed by atoms with Gasteiger partial charge in [-0.15, -0.1) is 0 Å². The Bertz CT molecular complexity index is 491. The molecule has 1 heterocycles. The van der Waals surface area contributed by atoms with Gasteiger partial charge in [0.2, 0.25) is 5.76 Å². The molecule has 0 amide bonds. The lowest BCUT2D eigenvalue weighted by atomic mass is 10.1. The van der Waals surface area contributed by atoms with Crippen molar-refractivity contribution < 1.29 is 28.1 Å². The highest BCUT2D eigenvalue weighted by Gasteiger charge is 2.14. The van der Waals surface area contributed by atoms with Crippen LogP contribution in [0.5, 0.6) is 0 Å². The zero-order valence-corrected chi connectivity index (χ0v) is 12.3. The minimum Gasteiger partial charge on any atom is -0.475 e. The summed E-state index contributed by atoms with van der Waals surface area (Å²) in [5.74, 6) is -1.43. The Kier molecular flexibility index (Phi) is 6.44. The molecule has 0 aliphatic carbocycles. The lowest BCUT2D eigenvalue weighted by Crippen LogP contribution is -2.16. The van der Waals surface area contributed by atoms with Crippen LogP contribution in [0, 0.1) is 5.92 Å². The number of carboxylic acid groups (broad SMARTS) is 1. The summed E-state index contributed by atoms with van der Waals surface area (Å²) in [7, 11) is -1.48. The Balaban J connectivity index is 2.35. The highest BCUT2D eigenvalue weighted by Crippen LogP contribution is 2.10. The molecule has 112 valence electrons. The molecule has 1 atom stereocenters. The van der Waals surface area contributed by atoms with E-state index in [-0.39, 0.29) is 23.0 Å². The first kappa shape index (κ1) is 16.4. The second-order valence-corrected chi connectivity index (χ2v) is 6.16. The topological polar surface area (TPSA) is 93.8 Å². The van der Waals surface area contributed by atoms with Crippen LogP contribution in [0.2, 0.25) is 0 Å². The summed E-state index contributed by atoms with van der Waals surface area (Å²) < 4.78 is 21.6. The fourth-order valence-electron chi connectivity index (χ4n) is 1.36. The molecule has 0 radical (unpaired) electrons. The number of carbonyl (C=O) groups is 2. The van der Waals surface area contributed by atoms with E-state index >= 15 is 0 Å². The molecule has 1 unspecified atom stereocenters. The number of furan rings is 1. The highest BCUT2D eigenvalue weighted by molar-refractivity contribution is 7.84. The minimum atomic E-state index is -1.48. The Morgan fingerprint density at radius 2 is 2.10 bits per heavy atom. The third kappa shape index (κ3) is 6.01. The quantitative estimate of drug-likeness (QED) is 0.736. The number of ether oxygens (including phenoxy) is 1. The summed E-state index contributed by atoms with van der Waals surface area (Å²) >= 11 is 0. The van der Waals surface area contributed by atoms with E-state index < -0.39 is 22.7 Å². The van der Waals surface area contributed by atoms with Crippen LogP contribution >= 0.6 is 0 Å². The van der Waals surface area contributed by atoms with E-state index in [0.717, 1.165) is 6.42 Å². The molecule has 1 N–H and O–H groups in total. The fourth-order valence-corrected chi connectivity index (χ4v) is 2.28. The summed E-state index contributed by atoms with van der Waals surface area (Å²) in [5.41, 5.74) is 0. The van der Waals surface area contributed by atoms with Gasteiger partial charge in [0.25, 0.3) is 0 Å². The van der Waals surface area contributed by atoms with Gasteiger partial charge in [-0.3, -0.25) is 9.00 Å². The third-order valence-electron chi connectivity index (χ3n) is 2.41. The molecule has 0 spiro atoms. The monoisotopic (exact) mass is 302 g/mol. The highest BCUT2D eigenvalue weighted by atomic mass is 32.2. The van der Waals surface area contributed by atoms with Crippen molar-refractivity contribution in [1.29, 1.82) is 0 Å². The first-order chi connectivity index (χ1) is 9.38. The van der Waals surface area contributed by atoms with Gasteiger partial charge in [-0.25, -0.2) is 4.79 Å². The molecule has 0 saturated heterocycles. The van der Waals surface area contributed by atoms with Crippen LogP contribution < -0.4 is 0 Å². The van der Waals surface area contributed by atoms with Crippen molar-refractivity contribution in [2.75, 3.05) is 12.4 Å². The molecule has 0 aliphatic heterocycles. The zero-order chi connectivity index (χ0) is 15.1. The molecule has 0 bridgehead atoms. The van der Waals surface area contributed by atoms with E-state index in [1.54, 1.807) is 0 Å². The van der Waals surface area contributed by atoms with Crippen molar-refractivity contribution in [3.8, 4) is 0 Å². The van der Waals surface area contributed by atoms with Gasteiger partial charge >= 0.3 is 11.9 Å². The van der Waals surface area contributed by atoms with Crippen molar-refractivity contribution in [1.82, 2.24) is 0 Å². The second-order valence-electron chi connectivity index (χ2n) is 4.70.